The van der Waals surface area contributed by atoms with Gasteiger partial charge in [0.25, 0.3) is 11.8 Å². The Morgan fingerprint density at radius 2 is 1.46 bits per heavy atom. The number of nitrogens with one attached hydrogen (secondary N) is 1. The highest BCUT2D eigenvalue weighted by Gasteiger charge is 2.22. The van der Waals surface area contributed by atoms with Crippen molar-refractivity contribution in [3.63, 3.8) is 0 Å². The van der Waals surface area contributed by atoms with Crippen molar-refractivity contribution in [1.82, 2.24) is 10.2 Å². The molecular formula is C33H31ClN2O5. The van der Waals surface area contributed by atoms with E-state index in [1.165, 1.54) is 0 Å². The van der Waals surface area contributed by atoms with Gasteiger partial charge < -0.3 is 20.1 Å². The molecule has 0 aliphatic carbocycles. The third kappa shape index (κ3) is 7.96. The molecule has 4 aromatic rings. The summed E-state index contributed by atoms with van der Waals surface area (Å²) in [7, 11) is 1.60. The number of nitrogens with zero attached hydrogens (tertiary/aromatic N) is 1. The van der Waals surface area contributed by atoms with Crippen molar-refractivity contribution in [3.05, 3.63) is 124 Å². The molecule has 4 rings (SSSR count). The van der Waals surface area contributed by atoms with Crippen LogP contribution in [0.25, 0.3) is 11.1 Å². The predicted molar refractivity (Wildman–Crippen MR) is 159 cm³/mol. The molecule has 0 aliphatic rings. The van der Waals surface area contributed by atoms with Crippen molar-refractivity contribution < 1.29 is 24.2 Å². The van der Waals surface area contributed by atoms with Crippen molar-refractivity contribution in [2.45, 2.75) is 19.4 Å². The number of methoxy groups -OCH3 is 1. The Morgan fingerprint density at radius 3 is 2.12 bits per heavy atom. The molecule has 8 heteroatoms. The number of ether oxygens (including phenoxy) is 1. The average Bonchev–Trinajstić information content (AvgIpc) is 3.00. The monoisotopic (exact) mass is 570 g/mol. The number of benzene rings is 4. The van der Waals surface area contributed by atoms with Crippen LogP contribution in [0.1, 0.15) is 38.3 Å². The van der Waals surface area contributed by atoms with E-state index in [-0.39, 0.29) is 24.8 Å². The average molecular weight is 571 g/mol. The highest BCUT2D eigenvalue weighted by molar-refractivity contribution is 6.30. The molecule has 0 aromatic heterocycles. The van der Waals surface area contributed by atoms with E-state index in [2.05, 4.69) is 5.32 Å². The molecule has 0 heterocycles. The standard InChI is InChI=1S/C33H31ClN2O5/c1-41-26-15-13-23(14-16-26)17-19-36(20-18-31(37)38)33(40)30-12-5-3-10-28(30)27-9-2-4-11-29(27)32(39)35-22-24-7-6-8-25(34)21-24/h2-16,21H,17-20,22H2,1H3,(H,35,39)(H,37,38). The number of halogens is 1. The van der Waals surface area contributed by atoms with E-state index in [1.807, 2.05) is 48.5 Å². The highest BCUT2D eigenvalue weighted by Crippen LogP contribution is 2.29. The van der Waals surface area contributed by atoms with Crippen LogP contribution in [0.2, 0.25) is 5.02 Å². The second-order valence-corrected chi connectivity index (χ2v) is 9.87. The zero-order valence-electron chi connectivity index (χ0n) is 22.7. The lowest BCUT2D eigenvalue weighted by atomic mass is 9.94. The van der Waals surface area contributed by atoms with Crippen molar-refractivity contribution >= 4 is 29.4 Å². The summed E-state index contributed by atoms with van der Waals surface area (Å²) in [5, 5.41) is 12.9. The van der Waals surface area contributed by atoms with Gasteiger partial charge in [-0.25, -0.2) is 0 Å². The lowest BCUT2D eigenvalue weighted by molar-refractivity contribution is -0.137. The molecule has 210 valence electrons. The first-order chi connectivity index (χ1) is 19.9. The largest absolute Gasteiger partial charge is 0.497 e. The van der Waals surface area contributed by atoms with Crippen LogP contribution in [0.4, 0.5) is 0 Å². The van der Waals surface area contributed by atoms with Crippen LogP contribution in [-0.4, -0.2) is 48.0 Å². The number of aliphatic carboxylic acids is 1. The van der Waals surface area contributed by atoms with E-state index in [0.717, 1.165) is 16.9 Å². The minimum Gasteiger partial charge on any atom is -0.497 e. The molecule has 41 heavy (non-hydrogen) atoms. The van der Waals surface area contributed by atoms with Gasteiger partial charge in [-0.15, -0.1) is 0 Å². The van der Waals surface area contributed by atoms with E-state index < -0.39 is 5.97 Å². The molecule has 0 radical (unpaired) electrons. The van der Waals surface area contributed by atoms with Gasteiger partial charge in [-0.05, 0) is 65.1 Å². The normalized spacial score (nSPS) is 10.6. The molecule has 4 aromatic carbocycles. The number of hydrogen-bond acceptors (Lipinski definition) is 4. The lowest BCUT2D eigenvalue weighted by Crippen LogP contribution is -2.35. The van der Waals surface area contributed by atoms with Gasteiger partial charge in [0.2, 0.25) is 0 Å². The van der Waals surface area contributed by atoms with Gasteiger partial charge in [-0.3, -0.25) is 14.4 Å². The Hall–Kier alpha value is -4.62. The van der Waals surface area contributed by atoms with Gasteiger partial charge in [0.1, 0.15) is 5.75 Å². The topological polar surface area (TPSA) is 95.9 Å². The van der Waals surface area contributed by atoms with Gasteiger partial charge in [0.15, 0.2) is 0 Å². The fourth-order valence-corrected chi connectivity index (χ4v) is 4.73. The summed E-state index contributed by atoms with van der Waals surface area (Å²) in [5.41, 5.74) is 3.87. The first kappa shape index (κ1) is 29.4. The fourth-order valence-electron chi connectivity index (χ4n) is 4.52. The maximum Gasteiger partial charge on any atom is 0.305 e. The molecule has 2 N–H and O–H groups in total. The minimum absolute atomic E-state index is 0.0560. The number of hydrogen-bond donors (Lipinski definition) is 2. The number of carboxylic acids is 1. The Bertz CT molecular complexity index is 1520. The summed E-state index contributed by atoms with van der Waals surface area (Å²) in [4.78, 5) is 40.1. The maximum absolute atomic E-state index is 13.9. The van der Waals surface area contributed by atoms with Crippen LogP contribution < -0.4 is 10.1 Å². The third-order valence-electron chi connectivity index (χ3n) is 6.67. The molecule has 0 fully saturated rings. The number of carbonyl (C=O) groups is 3. The molecule has 0 spiro atoms. The molecule has 7 nitrogen and oxygen atoms in total. The third-order valence-corrected chi connectivity index (χ3v) is 6.91. The van der Waals surface area contributed by atoms with Crippen molar-refractivity contribution in [2.75, 3.05) is 20.2 Å². The van der Waals surface area contributed by atoms with Crippen LogP contribution in [0.15, 0.2) is 97.1 Å². The Kier molecular flexibility index (Phi) is 10.1. The van der Waals surface area contributed by atoms with E-state index in [1.54, 1.807) is 60.5 Å². The zero-order chi connectivity index (χ0) is 29.2. The van der Waals surface area contributed by atoms with Crippen molar-refractivity contribution in [1.29, 1.82) is 0 Å². The molecule has 0 saturated heterocycles. The van der Waals surface area contributed by atoms with Gasteiger partial charge in [-0.1, -0.05) is 72.3 Å². The summed E-state index contributed by atoms with van der Waals surface area (Å²) < 4.78 is 5.22. The molecule has 0 unspecified atom stereocenters. The fraction of sp³-hybridized carbons (Fsp3) is 0.182. The maximum atomic E-state index is 13.9. The first-order valence-electron chi connectivity index (χ1n) is 13.2. The van der Waals surface area contributed by atoms with E-state index in [4.69, 9.17) is 16.3 Å². The van der Waals surface area contributed by atoms with Gasteiger partial charge >= 0.3 is 5.97 Å². The van der Waals surface area contributed by atoms with Gasteiger partial charge in [0, 0.05) is 35.8 Å². The Balaban J connectivity index is 1.59. The summed E-state index contributed by atoms with van der Waals surface area (Å²) in [5.74, 6) is -0.839. The number of amides is 2. The number of carboxylic acid groups (broad SMARTS) is 1. The molecule has 0 bridgehead atoms. The van der Waals surface area contributed by atoms with E-state index >= 15 is 0 Å². The van der Waals surface area contributed by atoms with Gasteiger partial charge in [-0.2, -0.15) is 0 Å². The number of carbonyl (C=O) groups excluding carboxylic acids is 2. The summed E-state index contributed by atoms with van der Waals surface area (Å²) in [6, 6.07) is 29.0. The Morgan fingerprint density at radius 1 is 0.805 bits per heavy atom. The van der Waals surface area contributed by atoms with Crippen molar-refractivity contribution in [3.8, 4) is 16.9 Å². The van der Waals surface area contributed by atoms with E-state index in [0.29, 0.717) is 46.8 Å². The Labute approximate surface area is 244 Å². The summed E-state index contributed by atoms with van der Waals surface area (Å²) in [6.07, 6.45) is 0.360. The predicted octanol–water partition coefficient (Wildman–Crippen LogP) is 6.11. The van der Waals surface area contributed by atoms with Crippen LogP contribution in [0.3, 0.4) is 0 Å². The molecule has 0 aliphatic heterocycles. The molecule has 0 saturated carbocycles. The highest BCUT2D eigenvalue weighted by atomic mass is 35.5. The van der Waals surface area contributed by atoms with E-state index in [9.17, 15) is 19.5 Å². The molecule has 0 atom stereocenters. The SMILES string of the molecule is COc1ccc(CCN(CCC(=O)O)C(=O)c2ccccc2-c2ccccc2C(=O)NCc2cccc(Cl)c2)cc1. The summed E-state index contributed by atoms with van der Waals surface area (Å²) >= 11 is 6.08. The summed E-state index contributed by atoms with van der Waals surface area (Å²) in [6.45, 7) is 0.678. The van der Waals surface area contributed by atoms with Crippen LogP contribution >= 0.6 is 11.6 Å². The zero-order valence-corrected chi connectivity index (χ0v) is 23.4. The second kappa shape index (κ2) is 14.1. The first-order valence-corrected chi connectivity index (χ1v) is 13.6. The van der Waals surface area contributed by atoms with Crippen LogP contribution in [-0.2, 0) is 17.8 Å². The minimum atomic E-state index is -0.984. The lowest BCUT2D eigenvalue weighted by Gasteiger charge is -2.24. The second-order valence-electron chi connectivity index (χ2n) is 9.44. The quantitative estimate of drug-likeness (QED) is 0.214. The smallest absolute Gasteiger partial charge is 0.305 e. The van der Waals surface area contributed by atoms with Crippen LogP contribution in [0.5, 0.6) is 5.75 Å². The van der Waals surface area contributed by atoms with Crippen molar-refractivity contribution in [2.24, 2.45) is 0 Å². The molecular weight excluding hydrogens is 540 g/mol. The van der Waals surface area contributed by atoms with Gasteiger partial charge in [0.05, 0.1) is 13.5 Å². The number of rotatable bonds is 12. The van der Waals surface area contributed by atoms with Crippen LogP contribution in [0, 0.1) is 0 Å². The molecule has 2 amide bonds.